The summed E-state index contributed by atoms with van der Waals surface area (Å²) >= 11 is 0. The van der Waals surface area contributed by atoms with Gasteiger partial charge in [-0.1, -0.05) is 5.21 Å². The Kier molecular flexibility index (Phi) is 3.42. The first-order valence-electron chi connectivity index (χ1n) is 5.63. The van der Waals surface area contributed by atoms with Gasteiger partial charge in [-0.25, -0.2) is 9.48 Å². The van der Waals surface area contributed by atoms with E-state index in [4.69, 9.17) is 5.11 Å². The van der Waals surface area contributed by atoms with Gasteiger partial charge in [-0.2, -0.15) is 0 Å². The van der Waals surface area contributed by atoms with E-state index in [-0.39, 0.29) is 17.9 Å². The highest BCUT2D eigenvalue weighted by molar-refractivity contribution is 5.84. The van der Waals surface area contributed by atoms with Gasteiger partial charge >= 0.3 is 5.97 Å². The molecule has 0 saturated carbocycles. The summed E-state index contributed by atoms with van der Waals surface area (Å²) in [5, 5.41) is 26.9. The first-order chi connectivity index (χ1) is 9.40. The van der Waals surface area contributed by atoms with Crippen molar-refractivity contribution in [2.75, 3.05) is 0 Å². The maximum atomic E-state index is 11.0. The largest absolute Gasteiger partial charge is 0.476 e. The molecule has 2 heterocycles. The van der Waals surface area contributed by atoms with Crippen molar-refractivity contribution in [3.8, 4) is 0 Å². The molecule has 0 radical (unpaired) electrons. The van der Waals surface area contributed by atoms with Crippen LogP contribution in [-0.4, -0.2) is 36.0 Å². The van der Waals surface area contributed by atoms with Crippen LogP contribution in [0.1, 0.15) is 27.3 Å². The molecule has 2 aromatic rings. The number of carboxylic acids is 1. The van der Waals surface area contributed by atoms with E-state index in [1.807, 2.05) is 0 Å². The molecule has 2 aromatic heterocycles. The van der Waals surface area contributed by atoms with Gasteiger partial charge in [0.1, 0.15) is 0 Å². The highest BCUT2D eigenvalue weighted by atomic mass is 16.6. The van der Waals surface area contributed by atoms with Crippen LogP contribution in [0.2, 0.25) is 0 Å². The smallest absolute Gasteiger partial charge is 0.358 e. The van der Waals surface area contributed by atoms with Gasteiger partial charge in [0.15, 0.2) is 5.69 Å². The molecule has 0 aliphatic heterocycles. The number of hydrogen-bond donors (Lipinski definition) is 1. The lowest BCUT2D eigenvalue weighted by molar-refractivity contribution is -0.386. The zero-order valence-electron chi connectivity index (χ0n) is 10.8. The molecule has 0 spiro atoms. The molecule has 0 amide bonds. The lowest BCUT2D eigenvalue weighted by Gasteiger charge is -2.06. The molecule has 20 heavy (non-hydrogen) atoms. The number of aromatic carboxylic acids is 1. The van der Waals surface area contributed by atoms with Crippen molar-refractivity contribution in [1.29, 1.82) is 0 Å². The lowest BCUT2D eigenvalue weighted by Crippen LogP contribution is -2.07. The number of aromatic nitrogens is 4. The molecule has 0 aliphatic carbocycles. The van der Waals surface area contributed by atoms with Crippen LogP contribution in [0.4, 0.5) is 5.69 Å². The summed E-state index contributed by atoms with van der Waals surface area (Å²) in [4.78, 5) is 25.4. The average molecular weight is 277 g/mol. The van der Waals surface area contributed by atoms with Crippen molar-refractivity contribution < 1.29 is 14.8 Å². The summed E-state index contributed by atoms with van der Waals surface area (Å²) in [6, 6.07) is 0. The monoisotopic (exact) mass is 277 g/mol. The Balaban J connectivity index is 2.36. The van der Waals surface area contributed by atoms with Gasteiger partial charge in [0.2, 0.25) is 0 Å². The summed E-state index contributed by atoms with van der Waals surface area (Å²) in [5.41, 5.74) is 1.17. The highest BCUT2D eigenvalue weighted by Crippen LogP contribution is 2.24. The van der Waals surface area contributed by atoms with Gasteiger partial charge in [0, 0.05) is 11.8 Å². The molecule has 0 aliphatic rings. The number of carboxylic acid groups (broad SMARTS) is 1. The van der Waals surface area contributed by atoms with Gasteiger partial charge in [-0.3, -0.25) is 15.1 Å². The van der Waals surface area contributed by atoms with E-state index in [0.29, 0.717) is 16.8 Å². The van der Waals surface area contributed by atoms with Crippen LogP contribution in [0.5, 0.6) is 0 Å². The van der Waals surface area contributed by atoms with Crippen molar-refractivity contribution >= 4 is 11.7 Å². The highest BCUT2D eigenvalue weighted by Gasteiger charge is 2.19. The Hall–Kier alpha value is -2.84. The number of pyridine rings is 1. The Labute approximate surface area is 113 Å². The average Bonchev–Trinajstić information content (AvgIpc) is 2.81. The summed E-state index contributed by atoms with van der Waals surface area (Å²) < 4.78 is 1.28. The molecular weight excluding hydrogens is 266 g/mol. The van der Waals surface area contributed by atoms with E-state index in [1.165, 1.54) is 17.1 Å². The number of aryl methyl sites for hydroxylation is 1. The molecule has 9 heteroatoms. The third-order valence-electron chi connectivity index (χ3n) is 2.83. The normalized spacial score (nSPS) is 10.5. The topological polar surface area (TPSA) is 124 Å². The van der Waals surface area contributed by atoms with Gasteiger partial charge < -0.3 is 5.11 Å². The quantitative estimate of drug-likeness (QED) is 0.651. The molecule has 0 bridgehead atoms. The molecule has 1 N–H and O–H groups in total. The third-order valence-corrected chi connectivity index (χ3v) is 2.83. The third kappa shape index (κ3) is 2.46. The van der Waals surface area contributed by atoms with E-state index in [0.717, 1.165) is 0 Å². The van der Waals surface area contributed by atoms with Crippen LogP contribution in [0.15, 0.2) is 12.4 Å². The van der Waals surface area contributed by atoms with Gasteiger partial charge in [-0.05, 0) is 13.8 Å². The van der Waals surface area contributed by atoms with Crippen LogP contribution < -0.4 is 0 Å². The van der Waals surface area contributed by atoms with Gasteiger partial charge in [0.05, 0.1) is 28.9 Å². The number of carbonyl (C=O) groups is 1. The molecule has 9 nitrogen and oxygen atoms in total. The van der Waals surface area contributed by atoms with E-state index < -0.39 is 10.9 Å². The molecular formula is C11H11N5O4. The van der Waals surface area contributed by atoms with E-state index in [2.05, 4.69) is 15.3 Å². The van der Waals surface area contributed by atoms with Crippen molar-refractivity contribution in [2.45, 2.75) is 20.4 Å². The molecule has 0 saturated heterocycles. The zero-order valence-corrected chi connectivity index (χ0v) is 10.8. The zero-order chi connectivity index (χ0) is 14.9. The maximum absolute atomic E-state index is 11.0. The minimum Gasteiger partial charge on any atom is -0.476 e. The maximum Gasteiger partial charge on any atom is 0.358 e. The van der Waals surface area contributed by atoms with Crippen molar-refractivity contribution in [2.24, 2.45) is 0 Å². The Morgan fingerprint density at radius 2 is 2.20 bits per heavy atom. The molecule has 0 unspecified atom stereocenters. The van der Waals surface area contributed by atoms with Crippen LogP contribution in [0.25, 0.3) is 0 Å². The van der Waals surface area contributed by atoms with Gasteiger partial charge in [-0.15, -0.1) is 5.10 Å². The van der Waals surface area contributed by atoms with Crippen LogP contribution in [0.3, 0.4) is 0 Å². The van der Waals surface area contributed by atoms with Crippen LogP contribution in [0, 0.1) is 24.0 Å². The first kappa shape index (κ1) is 13.6. The fourth-order valence-electron chi connectivity index (χ4n) is 1.83. The molecule has 2 rings (SSSR count). The number of nitro groups is 1. The predicted molar refractivity (Wildman–Crippen MR) is 66.4 cm³/mol. The van der Waals surface area contributed by atoms with Crippen molar-refractivity contribution in [3.05, 3.63) is 45.0 Å². The molecule has 104 valence electrons. The number of nitrogens with zero attached hydrogens (tertiary/aromatic N) is 5. The number of rotatable bonds is 4. The second-order valence-corrected chi connectivity index (χ2v) is 4.23. The Morgan fingerprint density at radius 1 is 1.50 bits per heavy atom. The second-order valence-electron chi connectivity index (χ2n) is 4.23. The minimum atomic E-state index is -1.18. The van der Waals surface area contributed by atoms with E-state index in [1.54, 1.807) is 13.8 Å². The first-order valence-corrected chi connectivity index (χ1v) is 5.63. The van der Waals surface area contributed by atoms with E-state index in [9.17, 15) is 14.9 Å². The lowest BCUT2D eigenvalue weighted by atomic mass is 10.1. The summed E-state index contributed by atoms with van der Waals surface area (Å²) in [6.45, 7) is 3.33. The Morgan fingerprint density at radius 3 is 2.75 bits per heavy atom. The fourth-order valence-corrected chi connectivity index (χ4v) is 1.83. The SMILES string of the molecule is Cc1cnc(Cn2cc(C(=O)O)nn2)c(C)c1[N+](=O)[O-]. The standard InChI is InChI=1S/C11H11N5O4/c1-6-3-12-8(7(2)10(6)16(19)20)4-15-5-9(11(17)18)13-14-15/h3,5H,4H2,1-2H3,(H,17,18). The van der Waals surface area contributed by atoms with E-state index >= 15 is 0 Å². The van der Waals surface area contributed by atoms with Gasteiger partial charge in [0.25, 0.3) is 5.69 Å². The molecule has 0 fully saturated rings. The van der Waals surface area contributed by atoms with Crippen molar-refractivity contribution in [3.63, 3.8) is 0 Å². The minimum absolute atomic E-state index is 0.00794. The second kappa shape index (κ2) is 5.03. The molecule has 0 aromatic carbocycles. The van der Waals surface area contributed by atoms with Crippen LogP contribution in [-0.2, 0) is 6.54 Å². The summed E-state index contributed by atoms with van der Waals surface area (Å²) in [5.74, 6) is -1.18. The van der Waals surface area contributed by atoms with Crippen molar-refractivity contribution in [1.82, 2.24) is 20.0 Å². The number of hydrogen-bond acceptors (Lipinski definition) is 6. The summed E-state index contributed by atoms with van der Waals surface area (Å²) in [6.07, 6.45) is 2.66. The predicted octanol–water partition coefficient (Wildman–Crippen LogP) is 0.945. The van der Waals surface area contributed by atoms with Crippen LogP contribution >= 0.6 is 0 Å². The molecule has 0 atom stereocenters. The summed E-state index contributed by atoms with van der Waals surface area (Å²) in [7, 11) is 0. The Bertz CT molecular complexity index is 694. The fraction of sp³-hybridized carbons (Fsp3) is 0.273.